The summed E-state index contributed by atoms with van der Waals surface area (Å²) >= 11 is 0. The lowest BCUT2D eigenvalue weighted by Crippen LogP contribution is -2.27. The van der Waals surface area contributed by atoms with Gasteiger partial charge in [-0.1, -0.05) is 45.0 Å². The van der Waals surface area contributed by atoms with Crippen LogP contribution in [-0.4, -0.2) is 23.9 Å². The van der Waals surface area contributed by atoms with Gasteiger partial charge < -0.3 is 4.90 Å². The first-order valence-corrected chi connectivity index (χ1v) is 6.99. The van der Waals surface area contributed by atoms with E-state index in [9.17, 15) is 4.79 Å². The van der Waals surface area contributed by atoms with E-state index in [1.807, 2.05) is 11.8 Å². The fourth-order valence-electron chi connectivity index (χ4n) is 2.65. The number of amides is 1. The van der Waals surface area contributed by atoms with Crippen LogP contribution in [0.5, 0.6) is 0 Å². The van der Waals surface area contributed by atoms with E-state index in [2.05, 4.69) is 38.1 Å². The van der Waals surface area contributed by atoms with Crippen LogP contribution >= 0.6 is 0 Å². The minimum absolute atomic E-state index is 0.289. The van der Waals surface area contributed by atoms with Crippen molar-refractivity contribution in [2.45, 2.75) is 45.4 Å². The topological polar surface area (TPSA) is 20.3 Å². The average Bonchev–Trinajstić information content (AvgIpc) is 2.87. The third kappa shape index (κ3) is 2.74. The van der Waals surface area contributed by atoms with Crippen LogP contribution in [0.3, 0.4) is 0 Å². The van der Waals surface area contributed by atoms with Crippen molar-refractivity contribution in [1.29, 1.82) is 0 Å². The maximum Gasteiger partial charge on any atom is 0.222 e. The molecule has 1 aromatic rings. The first-order valence-electron chi connectivity index (χ1n) is 6.99. The van der Waals surface area contributed by atoms with Gasteiger partial charge in [0, 0.05) is 25.4 Å². The molecule has 1 aromatic carbocycles. The van der Waals surface area contributed by atoms with E-state index in [0.717, 1.165) is 19.5 Å². The van der Waals surface area contributed by atoms with Gasteiger partial charge in [0.1, 0.15) is 0 Å². The standard InChI is InChI=1S/C16H23NO/c1-4-16(18)17-9-8-15(11-17)14-7-5-6-13(10-14)12(2)3/h5-7,10,12,15H,4,8-9,11H2,1-3H3. The molecule has 18 heavy (non-hydrogen) atoms. The summed E-state index contributed by atoms with van der Waals surface area (Å²) in [6, 6.07) is 8.86. The summed E-state index contributed by atoms with van der Waals surface area (Å²) in [6.07, 6.45) is 1.73. The van der Waals surface area contributed by atoms with Gasteiger partial charge in [0.25, 0.3) is 0 Å². The van der Waals surface area contributed by atoms with E-state index in [0.29, 0.717) is 18.3 Å². The van der Waals surface area contributed by atoms with Crippen molar-refractivity contribution in [2.75, 3.05) is 13.1 Å². The number of likely N-dealkylation sites (tertiary alicyclic amines) is 1. The van der Waals surface area contributed by atoms with Gasteiger partial charge in [-0.15, -0.1) is 0 Å². The minimum Gasteiger partial charge on any atom is -0.342 e. The molecule has 2 rings (SSSR count). The molecule has 1 aliphatic rings. The molecular weight excluding hydrogens is 222 g/mol. The molecule has 1 fully saturated rings. The van der Waals surface area contributed by atoms with Crippen molar-refractivity contribution in [2.24, 2.45) is 0 Å². The van der Waals surface area contributed by atoms with E-state index in [-0.39, 0.29) is 5.91 Å². The monoisotopic (exact) mass is 245 g/mol. The van der Waals surface area contributed by atoms with Crippen LogP contribution in [0.2, 0.25) is 0 Å². The van der Waals surface area contributed by atoms with Gasteiger partial charge in [0.05, 0.1) is 0 Å². The summed E-state index contributed by atoms with van der Waals surface area (Å²) < 4.78 is 0. The number of nitrogens with zero attached hydrogens (tertiary/aromatic N) is 1. The van der Waals surface area contributed by atoms with Crippen molar-refractivity contribution < 1.29 is 4.79 Å². The second-order valence-corrected chi connectivity index (χ2v) is 5.50. The Morgan fingerprint density at radius 2 is 2.22 bits per heavy atom. The zero-order valence-electron chi connectivity index (χ0n) is 11.6. The maximum atomic E-state index is 11.7. The summed E-state index contributed by atoms with van der Waals surface area (Å²) in [6.45, 7) is 8.20. The highest BCUT2D eigenvalue weighted by Gasteiger charge is 2.26. The SMILES string of the molecule is CCC(=O)N1CCC(c2cccc(C(C)C)c2)C1. The van der Waals surface area contributed by atoms with E-state index in [1.165, 1.54) is 11.1 Å². The van der Waals surface area contributed by atoms with Crippen LogP contribution in [0.25, 0.3) is 0 Å². The number of carbonyl (C=O) groups excluding carboxylic acids is 1. The van der Waals surface area contributed by atoms with Gasteiger partial charge in [0.15, 0.2) is 0 Å². The molecule has 0 saturated carbocycles. The molecule has 0 aliphatic carbocycles. The summed E-state index contributed by atoms with van der Waals surface area (Å²) in [4.78, 5) is 13.7. The smallest absolute Gasteiger partial charge is 0.222 e. The van der Waals surface area contributed by atoms with Crippen LogP contribution < -0.4 is 0 Å². The van der Waals surface area contributed by atoms with Crippen LogP contribution in [0.4, 0.5) is 0 Å². The molecule has 2 nitrogen and oxygen atoms in total. The molecule has 1 unspecified atom stereocenters. The first-order chi connectivity index (χ1) is 8.61. The fourth-order valence-corrected chi connectivity index (χ4v) is 2.65. The quantitative estimate of drug-likeness (QED) is 0.797. The summed E-state index contributed by atoms with van der Waals surface area (Å²) in [5, 5.41) is 0. The lowest BCUT2D eigenvalue weighted by Gasteiger charge is -2.16. The zero-order valence-corrected chi connectivity index (χ0v) is 11.6. The number of hydrogen-bond donors (Lipinski definition) is 0. The van der Waals surface area contributed by atoms with Crippen molar-refractivity contribution >= 4 is 5.91 Å². The molecule has 1 aliphatic heterocycles. The van der Waals surface area contributed by atoms with Crippen LogP contribution in [0.15, 0.2) is 24.3 Å². The predicted molar refractivity (Wildman–Crippen MR) is 74.8 cm³/mol. The molecule has 0 N–H and O–H groups in total. The third-order valence-electron chi connectivity index (χ3n) is 3.89. The largest absolute Gasteiger partial charge is 0.342 e. The molecule has 0 radical (unpaired) electrons. The molecule has 2 heteroatoms. The molecule has 0 bridgehead atoms. The Hall–Kier alpha value is -1.31. The van der Waals surface area contributed by atoms with Crippen molar-refractivity contribution in [1.82, 2.24) is 4.90 Å². The average molecular weight is 245 g/mol. The van der Waals surface area contributed by atoms with Crippen LogP contribution in [0.1, 0.15) is 56.6 Å². The van der Waals surface area contributed by atoms with Gasteiger partial charge in [-0.25, -0.2) is 0 Å². The molecular formula is C16H23NO. The van der Waals surface area contributed by atoms with Crippen molar-refractivity contribution in [3.63, 3.8) is 0 Å². The number of rotatable bonds is 3. The third-order valence-corrected chi connectivity index (χ3v) is 3.89. The Morgan fingerprint density at radius 3 is 2.89 bits per heavy atom. The fraction of sp³-hybridized carbons (Fsp3) is 0.562. The summed E-state index contributed by atoms with van der Waals surface area (Å²) in [7, 11) is 0. The molecule has 1 heterocycles. The molecule has 1 atom stereocenters. The van der Waals surface area contributed by atoms with E-state index >= 15 is 0 Å². The normalized spacial score (nSPS) is 19.6. The second kappa shape index (κ2) is 5.55. The Labute approximate surface area is 110 Å². The number of benzene rings is 1. The second-order valence-electron chi connectivity index (χ2n) is 5.50. The first kappa shape index (κ1) is 13.1. The van der Waals surface area contributed by atoms with Crippen molar-refractivity contribution in [3.8, 4) is 0 Å². The molecule has 0 aromatic heterocycles. The van der Waals surface area contributed by atoms with Gasteiger partial charge in [0.2, 0.25) is 5.91 Å². The van der Waals surface area contributed by atoms with Gasteiger partial charge in [-0.05, 0) is 23.5 Å². The zero-order chi connectivity index (χ0) is 13.1. The molecule has 0 spiro atoms. The Kier molecular flexibility index (Phi) is 4.05. The summed E-state index contributed by atoms with van der Waals surface area (Å²) in [5.74, 6) is 1.39. The lowest BCUT2D eigenvalue weighted by molar-refractivity contribution is -0.129. The maximum absolute atomic E-state index is 11.7. The molecule has 1 amide bonds. The molecule has 1 saturated heterocycles. The van der Waals surface area contributed by atoms with E-state index in [1.54, 1.807) is 0 Å². The lowest BCUT2D eigenvalue weighted by atomic mass is 9.93. The number of carbonyl (C=O) groups is 1. The molecule has 98 valence electrons. The highest BCUT2D eigenvalue weighted by Crippen LogP contribution is 2.29. The van der Waals surface area contributed by atoms with E-state index < -0.39 is 0 Å². The number of hydrogen-bond acceptors (Lipinski definition) is 1. The Morgan fingerprint density at radius 1 is 1.44 bits per heavy atom. The Bertz CT molecular complexity index is 425. The van der Waals surface area contributed by atoms with Crippen LogP contribution in [-0.2, 0) is 4.79 Å². The highest BCUT2D eigenvalue weighted by molar-refractivity contribution is 5.76. The minimum atomic E-state index is 0.289. The predicted octanol–water partition coefficient (Wildman–Crippen LogP) is 3.54. The highest BCUT2D eigenvalue weighted by atomic mass is 16.2. The van der Waals surface area contributed by atoms with Gasteiger partial charge in [-0.3, -0.25) is 4.79 Å². The van der Waals surface area contributed by atoms with E-state index in [4.69, 9.17) is 0 Å². The van der Waals surface area contributed by atoms with Crippen molar-refractivity contribution in [3.05, 3.63) is 35.4 Å². The van der Waals surface area contributed by atoms with Gasteiger partial charge >= 0.3 is 0 Å². The Balaban J connectivity index is 2.09. The van der Waals surface area contributed by atoms with Gasteiger partial charge in [-0.2, -0.15) is 0 Å². The summed E-state index contributed by atoms with van der Waals surface area (Å²) in [5.41, 5.74) is 2.79. The van der Waals surface area contributed by atoms with Crippen LogP contribution in [0, 0.1) is 0 Å².